The molecule has 0 radical (unpaired) electrons. The van der Waals surface area contributed by atoms with Gasteiger partial charge in [0, 0.05) is 11.6 Å². The van der Waals surface area contributed by atoms with Gasteiger partial charge in [-0.1, -0.05) is 221 Å². The molecule has 0 bridgehead atoms. The van der Waals surface area contributed by atoms with E-state index in [2.05, 4.69) is 115 Å². The number of nitrogens with one attached hydrogen (secondary N) is 1. The van der Waals surface area contributed by atoms with E-state index in [1.54, 1.807) is 0 Å². The summed E-state index contributed by atoms with van der Waals surface area (Å²) in [5, 5.41) is 3.87. The van der Waals surface area contributed by atoms with Crippen LogP contribution in [0.2, 0.25) is 0 Å². The fourth-order valence-electron chi connectivity index (χ4n) is 6.68. The lowest BCUT2D eigenvalue weighted by Crippen LogP contribution is -2.44. The third-order valence-electron chi connectivity index (χ3n) is 9.99. The summed E-state index contributed by atoms with van der Waals surface area (Å²) in [7, 11) is 0. The van der Waals surface area contributed by atoms with Crippen molar-refractivity contribution in [1.82, 2.24) is 5.32 Å². The molecule has 1 N–H and O–H groups in total. The van der Waals surface area contributed by atoms with Crippen molar-refractivity contribution in [2.24, 2.45) is 23.7 Å². The van der Waals surface area contributed by atoms with Crippen LogP contribution in [-0.2, 0) is 0 Å². The van der Waals surface area contributed by atoms with Crippen molar-refractivity contribution >= 4 is 0 Å². The van der Waals surface area contributed by atoms with Gasteiger partial charge in [0.05, 0.1) is 0 Å². The highest BCUT2D eigenvalue weighted by molar-refractivity contribution is 4.89. The van der Waals surface area contributed by atoms with Crippen LogP contribution in [0.3, 0.4) is 0 Å². The van der Waals surface area contributed by atoms with E-state index in [9.17, 15) is 0 Å². The maximum atomic E-state index is 3.87. The zero-order valence-electron chi connectivity index (χ0n) is 42.9. The van der Waals surface area contributed by atoms with Crippen molar-refractivity contribution in [3.63, 3.8) is 0 Å². The summed E-state index contributed by atoms with van der Waals surface area (Å²) < 4.78 is 0. The molecule has 0 spiro atoms. The van der Waals surface area contributed by atoms with Crippen molar-refractivity contribution < 1.29 is 0 Å². The van der Waals surface area contributed by atoms with Crippen LogP contribution in [0.4, 0.5) is 0 Å². The fraction of sp³-hybridized carbons (Fsp3) is 0.889. The van der Waals surface area contributed by atoms with Gasteiger partial charge in [0.15, 0.2) is 0 Å². The van der Waals surface area contributed by atoms with Crippen LogP contribution in [-0.4, -0.2) is 11.6 Å². The lowest BCUT2D eigenvalue weighted by Gasteiger charge is -2.30. The monoisotopic (exact) mass is 778 g/mol. The molecule has 2 atom stereocenters. The van der Waals surface area contributed by atoms with Crippen molar-refractivity contribution in [1.29, 1.82) is 0 Å². The quantitative estimate of drug-likeness (QED) is 0.0853. The number of allylic oxidation sites excluding steroid dienone is 4. The van der Waals surface area contributed by atoms with Gasteiger partial charge in [-0.25, -0.2) is 0 Å². The summed E-state index contributed by atoms with van der Waals surface area (Å²) in [6.45, 7) is 50.7. The van der Waals surface area contributed by atoms with Gasteiger partial charge in [-0.3, -0.25) is 0 Å². The van der Waals surface area contributed by atoms with Gasteiger partial charge in [0.2, 0.25) is 0 Å². The second-order valence-corrected chi connectivity index (χ2v) is 18.2. The smallest absolute Gasteiger partial charge is 0.0127 e. The Kier molecular flexibility index (Phi) is 61.4. The van der Waals surface area contributed by atoms with Crippen molar-refractivity contribution in [3.05, 3.63) is 36.0 Å². The molecular formula is C54H115N. The maximum absolute atomic E-state index is 3.87. The van der Waals surface area contributed by atoms with Crippen LogP contribution in [0.1, 0.15) is 280 Å². The molecule has 0 aromatic rings. The zero-order chi connectivity index (χ0) is 44.1. The minimum absolute atomic E-state index is 0.304. The Morgan fingerprint density at radius 3 is 1.49 bits per heavy atom. The molecule has 0 saturated heterocycles. The molecule has 1 heteroatoms. The van der Waals surface area contributed by atoms with Crippen LogP contribution < -0.4 is 5.32 Å². The van der Waals surface area contributed by atoms with Crippen molar-refractivity contribution in [2.75, 3.05) is 0 Å². The second kappa shape index (κ2) is 51.2. The van der Waals surface area contributed by atoms with Crippen LogP contribution in [0.25, 0.3) is 0 Å². The third-order valence-corrected chi connectivity index (χ3v) is 9.99. The number of rotatable bonds is 22. The maximum Gasteiger partial charge on any atom is 0.0127 e. The summed E-state index contributed by atoms with van der Waals surface area (Å²) in [6.07, 6.45) is 33.1. The van der Waals surface area contributed by atoms with E-state index < -0.39 is 0 Å². The molecule has 2 unspecified atom stereocenters. The predicted octanol–water partition coefficient (Wildman–Crippen LogP) is 20.1. The average molecular weight is 779 g/mol. The summed E-state index contributed by atoms with van der Waals surface area (Å²) in [5.74, 6) is 3.97. The van der Waals surface area contributed by atoms with Gasteiger partial charge < -0.3 is 5.32 Å². The summed E-state index contributed by atoms with van der Waals surface area (Å²) >= 11 is 0. The molecule has 0 aromatic heterocycles. The molecule has 0 amide bonds. The number of hydrogen-bond acceptors (Lipinski definition) is 1. The molecule has 55 heavy (non-hydrogen) atoms. The molecule has 1 aliphatic carbocycles. The average Bonchev–Trinajstić information content (AvgIpc) is 3.12. The van der Waals surface area contributed by atoms with Crippen LogP contribution >= 0.6 is 0 Å². The Hall–Kier alpha value is -0.820. The first kappa shape index (κ1) is 66.0. The second-order valence-electron chi connectivity index (χ2n) is 18.2. The number of unbranched alkanes of at least 4 members (excludes halogenated alkanes) is 4. The molecular weight excluding hydrogens is 663 g/mol. The molecule has 1 fully saturated rings. The zero-order valence-corrected chi connectivity index (χ0v) is 42.9. The third kappa shape index (κ3) is 68.2. The van der Waals surface area contributed by atoms with E-state index in [-0.39, 0.29) is 0 Å². The molecule has 0 heterocycles. The Balaban J connectivity index is -0.000000186. The van der Waals surface area contributed by atoms with Crippen LogP contribution in [0, 0.1) is 23.7 Å². The summed E-state index contributed by atoms with van der Waals surface area (Å²) in [4.78, 5) is 0. The minimum atomic E-state index is 0.304. The highest BCUT2D eigenvalue weighted by atomic mass is 15.0. The Bertz CT molecular complexity index is 739. The van der Waals surface area contributed by atoms with Crippen molar-refractivity contribution in [3.8, 4) is 0 Å². The molecule has 1 aliphatic rings. The van der Waals surface area contributed by atoms with Gasteiger partial charge in [0.1, 0.15) is 0 Å². The topological polar surface area (TPSA) is 12.0 Å². The normalized spacial score (nSPS) is 15.4. The van der Waals surface area contributed by atoms with E-state index in [4.69, 9.17) is 0 Å². The van der Waals surface area contributed by atoms with Gasteiger partial charge in [0.25, 0.3) is 0 Å². The van der Waals surface area contributed by atoms with Gasteiger partial charge >= 0.3 is 0 Å². The van der Waals surface area contributed by atoms with E-state index >= 15 is 0 Å². The van der Waals surface area contributed by atoms with Crippen LogP contribution in [0.15, 0.2) is 36.0 Å². The molecule has 1 nitrogen and oxygen atoms in total. The van der Waals surface area contributed by atoms with E-state index in [0.717, 1.165) is 23.7 Å². The molecule has 0 aliphatic heterocycles. The largest absolute Gasteiger partial charge is 0.309 e. The minimum Gasteiger partial charge on any atom is -0.309 e. The highest BCUT2D eigenvalue weighted by Crippen LogP contribution is 2.32. The first-order valence-corrected chi connectivity index (χ1v) is 24.5. The highest BCUT2D eigenvalue weighted by Gasteiger charge is 2.20. The summed E-state index contributed by atoms with van der Waals surface area (Å²) in [5.41, 5.74) is 4.14. The lowest BCUT2D eigenvalue weighted by molar-refractivity contribution is 0.263. The Labute approximate surface area is 355 Å². The van der Waals surface area contributed by atoms with E-state index in [1.807, 2.05) is 48.5 Å². The number of hydrogen-bond donors (Lipinski definition) is 1. The van der Waals surface area contributed by atoms with Gasteiger partial charge in [-0.05, 0) is 105 Å². The molecule has 1 saturated carbocycles. The lowest BCUT2D eigenvalue weighted by atomic mass is 9.80. The molecule has 0 aromatic carbocycles. The molecule has 1 rings (SSSR count). The van der Waals surface area contributed by atoms with Crippen LogP contribution in [0.5, 0.6) is 0 Å². The first-order valence-electron chi connectivity index (χ1n) is 24.5. The Morgan fingerprint density at radius 1 is 0.655 bits per heavy atom. The fourth-order valence-corrected chi connectivity index (χ4v) is 6.68. The van der Waals surface area contributed by atoms with E-state index in [1.165, 1.54) is 158 Å². The van der Waals surface area contributed by atoms with E-state index in [0.29, 0.717) is 11.6 Å². The molecule has 336 valence electrons. The summed E-state index contributed by atoms with van der Waals surface area (Å²) in [6, 6.07) is 0.659. The Morgan fingerprint density at radius 2 is 1.13 bits per heavy atom. The van der Waals surface area contributed by atoms with Crippen molar-refractivity contribution in [2.45, 2.75) is 291 Å². The SMILES string of the molecule is C=C(C)C.C=C(C)CCC.CC.CC.CC=C(C)C.CCCCC(C)(C)NC(C)CCCCCC(CCC)CCCC1CCC(C)CC1.CCCCC(C)C. The van der Waals surface area contributed by atoms with Gasteiger partial charge in [-0.15, -0.1) is 13.2 Å². The standard InChI is InChI=1S/C28H57N.C7H16.C6H12.C5H10.C4H8.2C2H6/c1-7-9-23-28(5,6)29-25(4)15-11-10-12-16-26(14-8-2)17-13-18-27-21-19-24(3)20-22-27;1-4-5-6-7(2)3;1-4-5-6(2)3;1-4-5(2)3;1-4(2)3;2*1-2/h24-27,29H,7-23H2,1-6H3;7H,4-6H2,1-3H3;2,4-5H2,1,3H3;4H,1-3H3;1H2,2-3H3;2*1-2H3. The van der Waals surface area contributed by atoms with Gasteiger partial charge in [-0.2, -0.15) is 0 Å². The predicted molar refractivity (Wildman–Crippen MR) is 265 cm³/mol. The first-order chi connectivity index (χ1) is 25.9.